The molecule has 1 aromatic heterocycles. The number of hydrogen-bond donors (Lipinski definition) is 1. The molecule has 0 aromatic carbocycles. The second-order valence-corrected chi connectivity index (χ2v) is 11.3. The molecule has 28 heavy (non-hydrogen) atoms. The summed E-state index contributed by atoms with van der Waals surface area (Å²) in [6.45, 7) is 10.5. The standard InChI is InChI=1S/C21H29BrN2O3S/c1-6-27-16(25)14-12-7-10-24(5)11-13(12)28-15(14)23-18(26)21-9-8-20(4,17(21)22)19(21,2)3/h17H,6-11H2,1-5H3,(H,23,26). The summed E-state index contributed by atoms with van der Waals surface area (Å²) < 4.78 is 5.33. The molecule has 5 rings (SSSR count). The second kappa shape index (κ2) is 6.54. The third-order valence-electron chi connectivity index (χ3n) is 7.93. The first-order chi connectivity index (χ1) is 13.1. The van der Waals surface area contributed by atoms with E-state index in [4.69, 9.17) is 4.74 Å². The summed E-state index contributed by atoms with van der Waals surface area (Å²) >= 11 is 5.37. The molecule has 3 aliphatic carbocycles. The van der Waals surface area contributed by atoms with Crippen LogP contribution in [0.25, 0.3) is 0 Å². The van der Waals surface area contributed by atoms with Crippen LogP contribution in [0.4, 0.5) is 5.00 Å². The first-order valence-electron chi connectivity index (χ1n) is 10.1. The number of nitrogens with one attached hydrogen (secondary N) is 1. The molecule has 2 heterocycles. The van der Waals surface area contributed by atoms with Gasteiger partial charge in [0.25, 0.3) is 0 Å². The van der Waals surface area contributed by atoms with Gasteiger partial charge >= 0.3 is 5.97 Å². The normalized spacial score (nSPS) is 33.1. The molecule has 3 unspecified atom stereocenters. The van der Waals surface area contributed by atoms with E-state index in [0.29, 0.717) is 17.2 Å². The molecule has 1 aromatic rings. The van der Waals surface area contributed by atoms with Gasteiger partial charge in [0.2, 0.25) is 5.91 Å². The lowest BCUT2D eigenvalue weighted by molar-refractivity contribution is -0.155. The highest BCUT2D eigenvalue weighted by Crippen LogP contribution is 2.80. The zero-order valence-electron chi connectivity index (χ0n) is 17.3. The molecule has 2 bridgehead atoms. The number of ether oxygens (including phenoxy) is 1. The molecule has 3 saturated carbocycles. The highest BCUT2D eigenvalue weighted by atomic mass is 79.9. The molecular formula is C21H29BrN2O3S. The van der Waals surface area contributed by atoms with Gasteiger partial charge in [-0.3, -0.25) is 4.79 Å². The Labute approximate surface area is 179 Å². The van der Waals surface area contributed by atoms with Gasteiger partial charge < -0.3 is 15.0 Å². The first kappa shape index (κ1) is 20.4. The number of carbonyl (C=O) groups excluding carboxylic acids is 2. The van der Waals surface area contributed by atoms with Crippen molar-refractivity contribution in [1.29, 1.82) is 0 Å². The number of amides is 1. The van der Waals surface area contributed by atoms with Crippen LogP contribution in [0, 0.1) is 16.2 Å². The number of anilines is 1. The zero-order chi connectivity index (χ0) is 20.5. The fourth-order valence-corrected chi connectivity index (χ4v) is 8.83. The highest BCUT2D eigenvalue weighted by molar-refractivity contribution is 9.09. The summed E-state index contributed by atoms with van der Waals surface area (Å²) in [6.07, 6.45) is 2.72. The van der Waals surface area contributed by atoms with Crippen LogP contribution >= 0.6 is 27.3 Å². The lowest BCUT2D eigenvalue weighted by Crippen LogP contribution is -2.68. The number of fused-ring (bicyclic) bond motifs is 2. The van der Waals surface area contributed by atoms with Gasteiger partial charge in [-0.15, -0.1) is 11.3 Å². The van der Waals surface area contributed by atoms with Crippen LogP contribution < -0.4 is 5.32 Å². The van der Waals surface area contributed by atoms with Crippen molar-refractivity contribution in [2.75, 3.05) is 25.5 Å². The predicted molar refractivity (Wildman–Crippen MR) is 115 cm³/mol. The number of hydrogen-bond acceptors (Lipinski definition) is 5. The maximum absolute atomic E-state index is 13.6. The highest BCUT2D eigenvalue weighted by Gasteiger charge is 2.80. The van der Waals surface area contributed by atoms with Crippen LogP contribution in [0.15, 0.2) is 0 Å². The average Bonchev–Trinajstić information content (AvgIpc) is 3.19. The number of esters is 1. The molecule has 0 radical (unpaired) electrons. The number of carbonyl (C=O) groups is 2. The number of rotatable bonds is 4. The van der Waals surface area contributed by atoms with Crippen molar-refractivity contribution < 1.29 is 14.3 Å². The van der Waals surface area contributed by atoms with Crippen molar-refractivity contribution >= 4 is 44.1 Å². The SMILES string of the molecule is CCOC(=O)c1c(NC(=O)C23CCC(C)(C2Br)C3(C)C)sc2c1CCN(C)C2. The Bertz CT molecular complexity index is 851. The maximum Gasteiger partial charge on any atom is 0.341 e. The molecule has 7 heteroatoms. The molecule has 0 spiro atoms. The molecule has 0 saturated heterocycles. The van der Waals surface area contributed by atoms with Gasteiger partial charge in [-0.2, -0.15) is 0 Å². The smallest absolute Gasteiger partial charge is 0.341 e. The van der Waals surface area contributed by atoms with Crippen LogP contribution in [0.3, 0.4) is 0 Å². The molecule has 5 nitrogen and oxygen atoms in total. The van der Waals surface area contributed by atoms with Gasteiger partial charge in [-0.25, -0.2) is 4.79 Å². The molecule has 4 aliphatic rings. The summed E-state index contributed by atoms with van der Waals surface area (Å²) in [5.41, 5.74) is 1.23. The van der Waals surface area contributed by atoms with Crippen molar-refractivity contribution in [1.82, 2.24) is 4.90 Å². The van der Waals surface area contributed by atoms with E-state index in [-0.39, 0.29) is 27.5 Å². The Hall–Kier alpha value is -0.920. The molecule has 1 amide bonds. The van der Waals surface area contributed by atoms with Gasteiger partial charge in [0, 0.05) is 22.8 Å². The molecular weight excluding hydrogens is 440 g/mol. The minimum absolute atomic E-state index is 0.0341. The van der Waals surface area contributed by atoms with Crippen LogP contribution in [-0.4, -0.2) is 41.8 Å². The molecule has 1 N–H and O–H groups in total. The van der Waals surface area contributed by atoms with Crippen LogP contribution in [0.1, 0.15) is 61.3 Å². The summed E-state index contributed by atoms with van der Waals surface area (Å²) in [5.74, 6) is -0.288. The van der Waals surface area contributed by atoms with Crippen molar-refractivity contribution in [3.63, 3.8) is 0 Å². The van der Waals surface area contributed by atoms with Gasteiger partial charge in [0.1, 0.15) is 5.00 Å². The van der Waals surface area contributed by atoms with Gasteiger partial charge in [-0.1, -0.05) is 36.7 Å². The van der Waals surface area contributed by atoms with Gasteiger partial charge in [-0.05, 0) is 49.6 Å². The number of halogens is 1. The quantitative estimate of drug-likeness (QED) is 0.523. The lowest BCUT2D eigenvalue weighted by Gasteiger charge is -2.64. The van der Waals surface area contributed by atoms with Crippen molar-refractivity contribution in [2.45, 2.75) is 58.3 Å². The number of alkyl halides is 1. The summed E-state index contributed by atoms with van der Waals surface area (Å²) in [4.78, 5) is 29.8. The Morgan fingerprint density at radius 3 is 2.61 bits per heavy atom. The van der Waals surface area contributed by atoms with Crippen LogP contribution in [-0.2, 0) is 22.5 Å². The summed E-state index contributed by atoms with van der Waals surface area (Å²) in [5, 5.41) is 3.84. The Kier molecular flexibility index (Phi) is 4.76. The molecule has 1 aliphatic heterocycles. The van der Waals surface area contributed by atoms with Crippen LogP contribution in [0.5, 0.6) is 0 Å². The van der Waals surface area contributed by atoms with Gasteiger partial charge in [0.15, 0.2) is 0 Å². The van der Waals surface area contributed by atoms with Crippen molar-refractivity contribution in [2.24, 2.45) is 16.2 Å². The van der Waals surface area contributed by atoms with E-state index < -0.39 is 5.41 Å². The second-order valence-electron chi connectivity index (χ2n) is 9.25. The minimum atomic E-state index is -0.436. The Morgan fingerprint density at radius 1 is 1.32 bits per heavy atom. The van der Waals surface area contributed by atoms with Gasteiger partial charge in [0.05, 0.1) is 17.6 Å². The van der Waals surface area contributed by atoms with Crippen molar-refractivity contribution in [3.05, 3.63) is 16.0 Å². The predicted octanol–water partition coefficient (Wildman–Crippen LogP) is 4.44. The molecule has 3 fully saturated rings. The monoisotopic (exact) mass is 468 g/mol. The molecule has 3 atom stereocenters. The molecule has 154 valence electrons. The summed E-state index contributed by atoms with van der Waals surface area (Å²) in [7, 11) is 2.08. The fourth-order valence-electron chi connectivity index (χ4n) is 5.71. The van der Waals surface area contributed by atoms with E-state index in [1.807, 2.05) is 6.92 Å². The van der Waals surface area contributed by atoms with E-state index >= 15 is 0 Å². The minimum Gasteiger partial charge on any atom is -0.462 e. The third kappa shape index (κ3) is 2.39. The van der Waals surface area contributed by atoms with E-state index in [1.165, 1.54) is 11.3 Å². The van der Waals surface area contributed by atoms with E-state index in [0.717, 1.165) is 42.8 Å². The topological polar surface area (TPSA) is 58.6 Å². The number of likely N-dealkylation sites (N-methyl/N-ethyl adjacent to an activating group) is 1. The van der Waals surface area contributed by atoms with Crippen LogP contribution in [0.2, 0.25) is 0 Å². The Balaban J connectivity index is 1.69. The average molecular weight is 469 g/mol. The largest absolute Gasteiger partial charge is 0.462 e. The fraction of sp³-hybridized carbons (Fsp3) is 0.714. The maximum atomic E-state index is 13.6. The van der Waals surface area contributed by atoms with Crippen molar-refractivity contribution in [3.8, 4) is 0 Å². The lowest BCUT2D eigenvalue weighted by atomic mass is 9.43. The van der Waals surface area contributed by atoms with E-state index in [2.05, 4.69) is 54.0 Å². The zero-order valence-corrected chi connectivity index (χ0v) is 19.7. The third-order valence-corrected chi connectivity index (χ3v) is 10.9. The first-order valence-corrected chi connectivity index (χ1v) is 11.8. The summed E-state index contributed by atoms with van der Waals surface area (Å²) in [6, 6.07) is 0. The van der Waals surface area contributed by atoms with E-state index in [1.54, 1.807) is 0 Å². The number of nitrogens with zero attached hydrogens (tertiary/aromatic N) is 1. The number of thiophene rings is 1. The van der Waals surface area contributed by atoms with E-state index in [9.17, 15) is 9.59 Å². The Morgan fingerprint density at radius 2 is 2.04 bits per heavy atom.